The van der Waals surface area contributed by atoms with Gasteiger partial charge in [-0.2, -0.15) is 5.10 Å². The van der Waals surface area contributed by atoms with Gasteiger partial charge < -0.3 is 4.74 Å². The van der Waals surface area contributed by atoms with Crippen molar-refractivity contribution in [1.29, 1.82) is 0 Å². The average molecular weight is 621 g/mol. The monoisotopic (exact) mass is 619 g/mol. The summed E-state index contributed by atoms with van der Waals surface area (Å²) in [7, 11) is 1.59. The Morgan fingerprint density at radius 2 is 1.52 bits per heavy atom. The van der Waals surface area contributed by atoms with Crippen LogP contribution in [0.15, 0.2) is 107 Å². The second-order valence-electron chi connectivity index (χ2n) is 10.8. The Labute approximate surface area is 251 Å². The Bertz CT molecular complexity index is 1720. The molecule has 1 saturated heterocycles. The van der Waals surface area contributed by atoms with Crippen molar-refractivity contribution in [3.8, 4) is 5.75 Å². The molecule has 208 valence electrons. The van der Waals surface area contributed by atoms with E-state index in [2.05, 4.69) is 26.5 Å². The molecule has 0 saturated carbocycles. The third kappa shape index (κ3) is 3.85. The van der Waals surface area contributed by atoms with Crippen molar-refractivity contribution in [2.45, 2.75) is 17.8 Å². The molecule has 0 unspecified atom stereocenters. The summed E-state index contributed by atoms with van der Waals surface area (Å²) in [6.07, 6.45) is 1.81. The zero-order valence-electron chi connectivity index (χ0n) is 22.7. The number of amides is 3. The van der Waals surface area contributed by atoms with Crippen molar-refractivity contribution in [1.82, 2.24) is 5.43 Å². The summed E-state index contributed by atoms with van der Waals surface area (Å²) in [4.78, 5) is 42.8. The highest BCUT2D eigenvalue weighted by Gasteiger charge is 2.68. The number of imide groups is 1. The van der Waals surface area contributed by atoms with Gasteiger partial charge in [0.15, 0.2) is 0 Å². The number of hydrogen-bond acceptors (Lipinski definition) is 5. The van der Waals surface area contributed by atoms with E-state index in [-0.39, 0.29) is 30.1 Å². The second kappa shape index (κ2) is 10.1. The summed E-state index contributed by atoms with van der Waals surface area (Å²) < 4.78 is 6.06. The fraction of sp³-hybridized carbons (Fsp3) is 0.176. The predicted molar refractivity (Wildman–Crippen MR) is 162 cm³/mol. The second-order valence-corrected chi connectivity index (χ2v) is 11.7. The highest BCUT2D eigenvalue weighted by molar-refractivity contribution is 9.10. The minimum absolute atomic E-state index is 0.129. The molecule has 42 heavy (non-hydrogen) atoms. The molecule has 4 aromatic carbocycles. The number of benzene rings is 4. The lowest BCUT2D eigenvalue weighted by molar-refractivity contribution is -0.123. The van der Waals surface area contributed by atoms with Crippen LogP contribution in [0.25, 0.3) is 0 Å². The highest BCUT2D eigenvalue weighted by atomic mass is 79.9. The summed E-state index contributed by atoms with van der Waals surface area (Å²) in [6.45, 7) is 0. The molecule has 3 amide bonds. The largest absolute Gasteiger partial charge is 0.497 e. The van der Waals surface area contributed by atoms with Gasteiger partial charge in [-0.15, -0.1) is 0 Å². The lowest BCUT2D eigenvalue weighted by atomic mass is 9.47. The van der Waals surface area contributed by atoms with Gasteiger partial charge in [-0.05, 0) is 64.2 Å². The highest BCUT2D eigenvalue weighted by Crippen LogP contribution is 2.63. The molecule has 8 rings (SSSR count). The molecule has 4 aromatic rings. The first-order valence-electron chi connectivity index (χ1n) is 13.7. The number of rotatable bonds is 6. The number of nitrogens with zero attached hydrogens (tertiary/aromatic N) is 2. The van der Waals surface area contributed by atoms with Crippen LogP contribution in [0.3, 0.4) is 0 Å². The van der Waals surface area contributed by atoms with Gasteiger partial charge in [0.05, 0.1) is 36.5 Å². The van der Waals surface area contributed by atoms with Gasteiger partial charge in [-0.25, -0.2) is 10.3 Å². The maximum atomic E-state index is 14.4. The number of carbonyl (C=O) groups is 3. The van der Waals surface area contributed by atoms with Crippen molar-refractivity contribution < 1.29 is 19.1 Å². The van der Waals surface area contributed by atoms with Crippen LogP contribution >= 0.6 is 15.9 Å². The van der Waals surface area contributed by atoms with E-state index in [4.69, 9.17) is 4.74 Å². The van der Waals surface area contributed by atoms with Crippen molar-refractivity contribution in [2.24, 2.45) is 16.9 Å². The predicted octanol–water partition coefficient (Wildman–Crippen LogP) is 5.35. The molecule has 1 aliphatic heterocycles. The van der Waals surface area contributed by atoms with E-state index < -0.39 is 17.3 Å². The molecule has 0 radical (unpaired) electrons. The summed E-state index contributed by atoms with van der Waals surface area (Å²) in [5, 5.41) is 4.48. The molecule has 1 heterocycles. The van der Waals surface area contributed by atoms with E-state index in [9.17, 15) is 14.4 Å². The molecule has 3 aliphatic carbocycles. The fourth-order valence-corrected chi connectivity index (χ4v) is 7.33. The Hall–Kier alpha value is -4.56. The Morgan fingerprint density at radius 1 is 0.905 bits per heavy atom. The van der Waals surface area contributed by atoms with E-state index in [1.807, 2.05) is 72.8 Å². The summed E-state index contributed by atoms with van der Waals surface area (Å²) in [5.74, 6) is -1.65. The van der Waals surface area contributed by atoms with Crippen LogP contribution < -0.4 is 15.1 Å². The lowest BCUT2D eigenvalue weighted by Gasteiger charge is -2.52. The number of anilines is 1. The summed E-state index contributed by atoms with van der Waals surface area (Å²) in [6, 6.07) is 30.4. The third-order valence-electron chi connectivity index (χ3n) is 8.75. The number of ether oxygens (including phenoxy) is 1. The number of hydrogen-bond donors (Lipinski definition) is 1. The van der Waals surface area contributed by atoms with Gasteiger partial charge in [0.1, 0.15) is 5.75 Å². The normalized spacial score (nSPS) is 23.5. The van der Waals surface area contributed by atoms with Crippen molar-refractivity contribution in [3.63, 3.8) is 0 Å². The maximum absolute atomic E-state index is 14.4. The molecule has 7 nitrogen and oxygen atoms in total. The smallest absolute Gasteiger partial charge is 0.244 e. The van der Waals surface area contributed by atoms with E-state index in [0.717, 1.165) is 32.3 Å². The quantitative estimate of drug-likeness (QED) is 0.179. The number of halogens is 1. The van der Waals surface area contributed by atoms with E-state index in [0.29, 0.717) is 11.4 Å². The van der Waals surface area contributed by atoms with Crippen molar-refractivity contribution in [2.75, 3.05) is 12.0 Å². The van der Waals surface area contributed by atoms with Crippen LogP contribution in [0.4, 0.5) is 5.69 Å². The standard InChI is InChI=1S/C34H26BrN3O4/c1-42-23-16-10-20(11-17-23)18-28(39)37-36-19-34-26-8-4-2-6-24(26)29(25-7-3-5-9-27(25)34)30-31(34)33(41)38(32(30)40)22-14-12-21(35)13-15-22/h2-17,19,29-31H,18H2,1H3,(H,37,39)/b36-19-/t29?,30-,31+,34?/m0/s1. The van der Waals surface area contributed by atoms with Gasteiger partial charge in [-0.1, -0.05) is 76.6 Å². The molecule has 0 spiro atoms. The van der Waals surface area contributed by atoms with E-state index in [1.54, 1.807) is 37.6 Å². The lowest BCUT2D eigenvalue weighted by Crippen LogP contribution is -2.54. The molecule has 8 heteroatoms. The van der Waals surface area contributed by atoms with Crippen molar-refractivity contribution >= 4 is 45.6 Å². The first kappa shape index (κ1) is 26.3. The molecule has 1 fully saturated rings. The van der Waals surface area contributed by atoms with Crippen LogP contribution in [0, 0.1) is 11.8 Å². The average Bonchev–Trinajstić information content (AvgIpc) is 3.28. The summed E-state index contributed by atoms with van der Waals surface area (Å²) >= 11 is 3.44. The zero-order valence-corrected chi connectivity index (χ0v) is 24.2. The van der Waals surface area contributed by atoms with Crippen molar-refractivity contribution in [3.05, 3.63) is 129 Å². The van der Waals surface area contributed by atoms with Gasteiger partial charge >= 0.3 is 0 Å². The minimum atomic E-state index is -1.04. The number of carbonyl (C=O) groups excluding carboxylic acids is 3. The Morgan fingerprint density at radius 3 is 2.14 bits per heavy atom. The zero-order chi connectivity index (χ0) is 29.0. The SMILES string of the molecule is COc1ccc(CC(=O)N/N=C\C23c4ccccc4C(c4ccccc42)[C@@H]2C(=O)N(c4ccc(Br)cc4)C(=O)[C@@H]23)cc1. The molecule has 1 N–H and O–H groups in total. The number of nitrogens with one attached hydrogen (secondary N) is 1. The first-order chi connectivity index (χ1) is 20.4. The van der Waals surface area contributed by atoms with Gasteiger partial charge in [0, 0.05) is 16.6 Å². The van der Waals surface area contributed by atoms with Crippen LogP contribution in [0.2, 0.25) is 0 Å². The van der Waals surface area contributed by atoms with Gasteiger partial charge in [-0.3, -0.25) is 14.4 Å². The molecule has 2 bridgehead atoms. The first-order valence-corrected chi connectivity index (χ1v) is 14.5. The van der Waals surface area contributed by atoms with E-state index in [1.165, 1.54) is 4.90 Å². The molecule has 2 atom stereocenters. The number of methoxy groups -OCH3 is 1. The third-order valence-corrected chi connectivity index (χ3v) is 9.28. The minimum Gasteiger partial charge on any atom is -0.497 e. The summed E-state index contributed by atoms with van der Waals surface area (Å²) in [5.41, 5.74) is 6.87. The van der Waals surface area contributed by atoms with Crippen LogP contribution in [-0.2, 0) is 26.2 Å². The van der Waals surface area contributed by atoms with Gasteiger partial charge in [0.25, 0.3) is 0 Å². The van der Waals surface area contributed by atoms with E-state index >= 15 is 0 Å². The van der Waals surface area contributed by atoms with Crippen LogP contribution in [0.5, 0.6) is 5.75 Å². The maximum Gasteiger partial charge on any atom is 0.244 e. The Balaban J connectivity index is 1.32. The van der Waals surface area contributed by atoms with Crippen LogP contribution in [-0.4, -0.2) is 31.0 Å². The fourth-order valence-electron chi connectivity index (χ4n) is 7.07. The topological polar surface area (TPSA) is 88.1 Å². The molecular weight excluding hydrogens is 594 g/mol. The molecule has 0 aromatic heterocycles. The Kier molecular flexibility index (Phi) is 6.31. The van der Waals surface area contributed by atoms with Crippen LogP contribution in [0.1, 0.15) is 33.7 Å². The number of hydrazone groups is 1. The van der Waals surface area contributed by atoms with Gasteiger partial charge in [0.2, 0.25) is 17.7 Å². The molecule has 4 aliphatic rings. The molecular formula is C34H26BrN3O4.